The summed E-state index contributed by atoms with van der Waals surface area (Å²) in [5.41, 5.74) is 1.34. The normalized spacial score (nSPS) is 13.4. The minimum Gasteiger partial charge on any atom is -0.264 e. The molecule has 5 heteroatoms. The van der Waals surface area contributed by atoms with Crippen LogP contribution in [0.3, 0.4) is 0 Å². The van der Waals surface area contributed by atoms with E-state index >= 15 is 0 Å². The number of nitro groups is 1. The number of non-ortho nitro benzene ring substituents is 1. The second-order valence-corrected chi connectivity index (χ2v) is 7.07. The first-order chi connectivity index (χ1) is 9.30. The van der Waals surface area contributed by atoms with Gasteiger partial charge in [-0.1, -0.05) is 42.8 Å². The lowest BCUT2D eigenvalue weighted by Crippen LogP contribution is -2.22. The molecule has 4 nitrogen and oxygen atoms in total. The maximum atomic E-state index is 11.1. The van der Waals surface area contributed by atoms with E-state index in [1.807, 2.05) is 12.1 Å². The summed E-state index contributed by atoms with van der Waals surface area (Å²) in [5.74, 6) is 0. The number of aromatic nitrogens is 1. The highest BCUT2D eigenvalue weighted by Crippen LogP contribution is 2.33. The van der Waals surface area contributed by atoms with Gasteiger partial charge in [0, 0.05) is 23.3 Å². The molecule has 1 unspecified atom stereocenters. The number of hydrogen-bond acceptors (Lipinski definition) is 3. The molecule has 2 aromatic rings. The Hall–Kier alpha value is -1.49. The number of pyridine rings is 1. The number of benzene rings is 1. The van der Waals surface area contributed by atoms with Crippen LogP contribution in [0.5, 0.6) is 0 Å². The van der Waals surface area contributed by atoms with Crippen LogP contribution in [-0.2, 0) is 6.42 Å². The molecule has 0 aliphatic heterocycles. The van der Waals surface area contributed by atoms with E-state index in [2.05, 4.69) is 41.7 Å². The molecule has 0 radical (unpaired) electrons. The molecule has 2 rings (SSSR count). The molecule has 1 atom stereocenters. The third-order valence-electron chi connectivity index (χ3n) is 3.42. The number of halogens is 1. The number of fused-ring (bicyclic) bond motifs is 1. The van der Waals surface area contributed by atoms with Gasteiger partial charge < -0.3 is 0 Å². The number of nitro benzene ring substituents is 1. The zero-order valence-electron chi connectivity index (χ0n) is 11.8. The molecule has 0 N–H and O–H groups in total. The van der Waals surface area contributed by atoms with E-state index in [1.54, 1.807) is 18.5 Å². The van der Waals surface area contributed by atoms with E-state index in [-0.39, 0.29) is 16.0 Å². The van der Waals surface area contributed by atoms with Crippen molar-refractivity contribution < 1.29 is 4.92 Å². The van der Waals surface area contributed by atoms with Crippen LogP contribution in [0.1, 0.15) is 26.3 Å². The predicted molar refractivity (Wildman–Crippen MR) is 84.3 cm³/mol. The van der Waals surface area contributed by atoms with Crippen LogP contribution in [0.15, 0.2) is 30.6 Å². The second-order valence-electron chi connectivity index (χ2n) is 5.96. The Labute approximate surface area is 126 Å². The molecular formula is C15H17BrN2O2. The molecule has 0 spiro atoms. The van der Waals surface area contributed by atoms with Gasteiger partial charge in [-0.3, -0.25) is 15.1 Å². The van der Waals surface area contributed by atoms with Gasteiger partial charge in [0.15, 0.2) is 0 Å². The van der Waals surface area contributed by atoms with E-state index in [4.69, 9.17) is 0 Å². The molecule has 1 heterocycles. The Bertz CT molecular complexity index is 650. The maximum absolute atomic E-state index is 11.1. The molecule has 0 amide bonds. The fourth-order valence-electron chi connectivity index (χ4n) is 2.07. The minimum atomic E-state index is -0.358. The third kappa shape index (κ3) is 2.98. The zero-order valence-corrected chi connectivity index (χ0v) is 13.3. The molecule has 0 aliphatic carbocycles. The lowest BCUT2D eigenvalue weighted by molar-refractivity contribution is -0.383. The van der Waals surface area contributed by atoms with Gasteiger partial charge in [0.05, 0.1) is 10.3 Å². The highest BCUT2D eigenvalue weighted by atomic mass is 79.9. The number of hydrogen-bond donors (Lipinski definition) is 0. The Kier molecular flexibility index (Phi) is 4.09. The third-order valence-corrected chi connectivity index (χ3v) is 5.12. The first kappa shape index (κ1) is 14.9. The van der Waals surface area contributed by atoms with Gasteiger partial charge in [-0.2, -0.15) is 0 Å². The van der Waals surface area contributed by atoms with Gasteiger partial charge in [0.1, 0.15) is 0 Å². The number of alkyl halides is 1. The summed E-state index contributed by atoms with van der Waals surface area (Å²) < 4.78 is 0. The topological polar surface area (TPSA) is 56.0 Å². The van der Waals surface area contributed by atoms with Crippen LogP contribution in [0, 0.1) is 15.5 Å². The van der Waals surface area contributed by atoms with Crippen LogP contribution in [0.25, 0.3) is 10.8 Å². The average molecular weight is 337 g/mol. The summed E-state index contributed by atoms with van der Waals surface area (Å²) in [6.07, 6.45) is 4.06. The molecule has 0 bridgehead atoms. The van der Waals surface area contributed by atoms with Crippen molar-refractivity contribution in [1.29, 1.82) is 0 Å². The van der Waals surface area contributed by atoms with Gasteiger partial charge in [0.25, 0.3) is 5.69 Å². The molecule has 20 heavy (non-hydrogen) atoms. The number of nitrogens with zero attached hydrogens (tertiary/aromatic N) is 2. The summed E-state index contributed by atoms with van der Waals surface area (Å²) >= 11 is 3.72. The SMILES string of the molecule is CC(C)(C)C(Br)Cc1ccc([N+](=O)[O-])c2cnccc12. The van der Waals surface area contributed by atoms with Gasteiger partial charge in [-0.15, -0.1) is 0 Å². The molecule has 1 aromatic carbocycles. The summed E-state index contributed by atoms with van der Waals surface area (Å²) in [4.78, 5) is 15.0. The van der Waals surface area contributed by atoms with E-state index in [9.17, 15) is 10.1 Å². The predicted octanol–water partition coefficient (Wildman–Crippen LogP) is 4.50. The van der Waals surface area contributed by atoms with Crippen molar-refractivity contribution in [2.45, 2.75) is 32.0 Å². The van der Waals surface area contributed by atoms with Crippen molar-refractivity contribution >= 4 is 32.4 Å². The van der Waals surface area contributed by atoms with Crippen LogP contribution in [-0.4, -0.2) is 14.7 Å². The van der Waals surface area contributed by atoms with Crippen molar-refractivity contribution in [3.05, 3.63) is 46.3 Å². The Morgan fingerprint density at radius 3 is 2.60 bits per heavy atom. The fraction of sp³-hybridized carbons (Fsp3) is 0.400. The van der Waals surface area contributed by atoms with Crippen LogP contribution >= 0.6 is 15.9 Å². The minimum absolute atomic E-state index is 0.110. The fourth-order valence-corrected chi connectivity index (χ4v) is 2.42. The van der Waals surface area contributed by atoms with Crippen molar-refractivity contribution in [3.8, 4) is 0 Å². The summed E-state index contributed by atoms with van der Waals surface area (Å²) in [6, 6.07) is 5.27. The quantitative estimate of drug-likeness (QED) is 0.471. The summed E-state index contributed by atoms with van der Waals surface area (Å²) in [7, 11) is 0. The Morgan fingerprint density at radius 1 is 1.30 bits per heavy atom. The van der Waals surface area contributed by atoms with E-state index in [0.717, 1.165) is 17.4 Å². The van der Waals surface area contributed by atoms with E-state index in [1.165, 1.54) is 0 Å². The molecule has 1 aromatic heterocycles. The molecule has 0 aliphatic rings. The van der Waals surface area contributed by atoms with Crippen molar-refractivity contribution in [2.24, 2.45) is 5.41 Å². The van der Waals surface area contributed by atoms with Crippen LogP contribution < -0.4 is 0 Å². The molecule has 0 saturated carbocycles. The average Bonchev–Trinajstić information content (AvgIpc) is 2.37. The van der Waals surface area contributed by atoms with Gasteiger partial charge in [0.2, 0.25) is 0 Å². The van der Waals surface area contributed by atoms with E-state index < -0.39 is 0 Å². The van der Waals surface area contributed by atoms with Crippen LogP contribution in [0.2, 0.25) is 0 Å². The van der Waals surface area contributed by atoms with Crippen LogP contribution in [0.4, 0.5) is 5.69 Å². The first-order valence-electron chi connectivity index (χ1n) is 6.45. The van der Waals surface area contributed by atoms with Gasteiger partial charge >= 0.3 is 0 Å². The standard InChI is InChI=1S/C15H17BrN2O2/c1-15(2,3)14(16)8-10-4-5-13(18(19)20)12-9-17-7-6-11(10)12/h4-7,9,14H,8H2,1-3H3. The Morgan fingerprint density at radius 2 is 2.00 bits per heavy atom. The largest absolute Gasteiger partial charge is 0.278 e. The highest BCUT2D eigenvalue weighted by Gasteiger charge is 2.23. The van der Waals surface area contributed by atoms with Crippen molar-refractivity contribution in [2.75, 3.05) is 0 Å². The molecular weight excluding hydrogens is 320 g/mol. The van der Waals surface area contributed by atoms with E-state index in [0.29, 0.717) is 10.2 Å². The summed E-state index contributed by atoms with van der Waals surface area (Å²) in [5, 5.41) is 12.6. The maximum Gasteiger partial charge on any atom is 0.278 e. The highest BCUT2D eigenvalue weighted by molar-refractivity contribution is 9.09. The summed E-state index contributed by atoms with van der Waals surface area (Å²) in [6.45, 7) is 6.50. The first-order valence-corrected chi connectivity index (χ1v) is 7.36. The Balaban J connectivity index is 2.51. The molecule has 0 fully saturated rings. The zero-order chi connectivity index (χ0) is 14.9. The number of rotatable bonds is 3. The second kappa shape index (κ2) is 5.48. The molecule has 0 saturated heterocycles. The lowest BCUT2D eigenvalue weighted by atomic mass is 9.87. The van der Waals surface area contributed by atoms with Crippen molar-refractivity contribution in [1.82, 2.24) is 4.98 Å². The van der Waals surface area contributed by atoms with Crippen molar-refractivity contribution in [3.63, 3.8) is 0 Å². The van der Waals surface area contributed by atoms with Gasteiger partial charge in [-0.25, -0.2) is 0 Å². The van der Waals surface area contributed by atoms with Gasteiger partial charge in [-0.05, 0) is 28.9 Å². The lowest BCUT2D eigenvalue weighted by Gasteiger charge is -2.26. The smallest absolute Gasteiger partial charge is 0.264 e. The molecule has 106 valence electrons. The monoisotopic (exact) mass is 336 g/mol.